The van der Waals surface area contributed by atoms with Crippen molar-refractivity contribution < 1.29 is 9.50 Å². The third kappa shape index (κ3) is 4.25. The molecule has 0 radical (unpaired) electrons. The smallest absolute Gasteiger partial charge is 0.129 e. The maximum absolute atomic E-state index is 13.7. The largest absolute Gasteiger partial charge is 0.388 e. The van der Waals surface area contributed by atoms with Crippen LogP contribution in [0.1, 0.15) is 32.4 Å². The van der Waals surface area contributed by atoms with E-state index in [2.05, 4.69) is 23.6 Å². The second-order valence-electron chi connectivity index (χ2n) is 6.37. The van der Waals surface area contributed by atoms with E-state index in [0.29, 0.717) is 11.6 Å². The molecule has 0 saturated carbocycles. The first-order valence-corrected chi connectivity index (χ1v) is 7.88. The summed E-state index contributed by atoms with van der Waals surface area (Å²) in [5.41, 5.74) is 0.408. The molecule has 0 amide bonds. The van der Waals surface area contributed by atoms with Gasteiger partial charge >= 0.3 is 0 Å². The lowest BCUT2D eigenvalue weighted by atomic mass is 9.96. The highest BCUT2D eigenvalue weighted by Crippen LogP contribution is 2.25. The van der Waals surface area contributed by atoms with Crippen LogP contribution in [0, 0.1) is 11.7 Å². The van der Waals surface area contributed by atoms with Gasteiger partial charge in [0.1, 0.15) is 5.82 Å². The predicted octanol–water partition coefficient (Wildman–Crippen LogP) is 2.52. The number of benzene rings is 1. The molecule has 1 heterocycles. The Kier molecular flexibility index (Phi) is 5.73. The zero-order valence-electron chi connectivity index (χ0n) is 13.3. The number of aliphatic hydroxyl groups excluding tert-OH is 1. The van der Waals surface area contributed by atoms with Gasteiger partial charge < -0.3 is 10.0 Å². The SMILES string of the molecule is CC(CN1CCN(C(C)C)CC1)C(O)c1ccccc1F. The van der Waals surface area contributed by atoms with Crippen molar-refractivity contribution in [2.75, 3.05) is 32.7 Å². The summed E-state index contributed by atoms with van der Waals surface area (Å²) >= 11 is 0. The maximum atomic E-state index is 13.7. The first-order valence-electron chi connectivity index (χ1n) is 7.88. The van der Waals surface area contributed by atoms with Gasteiger partial charge in [0.15, 0.2) is 0 Å². The average Bonchev–Trinajstić information content (AvgIpc) is 2.47. The molecule has 4 heteroatoms. The molecule has 0 aromatic heterocycles. The summed E-state index contributed by atoms with van der Waals surface area (Å²) in [5.74, 6) is -0.297. The lowest BCUT2D eigenvalue weighted by Crippen LogP contribution is -2.50. The maximum Gasteiger partial charge on any atom is 0.129 e. The number of hydrogen-bond acceptors (Lipinski definition) is 3. The van der Waals surface area contributed by atoms with Crippen LogP contribution in [0.15, 0.2) is 24.3 Å². The van der Waals surface area contributed by atoms with Crippen molar-refractivity contribution in [2.24, 2.45) is 5.92 Å². The number of aliphatic hydroxyl groups is 1. The number of hydrogen-bond donors (Lipinski definition) is 1. The Labute approximate surface area is 127 Å². The van der Waals surface area contributed by atoms with Crippen molar-refractivity contribution >= 4 is 0 Å². The van der Waals surface area contributed by atoms with Crippen LogP contribution < -0.4 is 0 Å². The normalized spacial score (nSPS) is 20.7. The van der Waals surface area contributed by atoms with Crippen molar-refractivity contribution in [1.82, 2.24) is 9.80 Å². The van der Waals surface area contributed by atoms with Gasteiger partial charge in [0.2, 0.25) is 0 Å². The second kappa shape index (κ2) is 7.34. The zero-order chi connectivity index (χ0) is 15.4. The molecule has 1 aliphatic heterocycles. The van der Waals surface area contributed by atoms with Gasteiger partial charge in [-0.15, -0.1) is 0 Å². The summed E-state index contributed by atoms with van der Waals surface area (Å²) in [7, 11) is 0. The molecule has 1 aromatic carbocycles. The Bertz CT molecular complexity index is 444. The first kappa shape index (κ1) is 16.4. The lowest BCUT2D eigenvalue weighted by Gasteiger charge is -2.38. The average molecular weight is 294 g/mol. The summed E-state index contributed by atoms with van der Waals surface area (Å²) in [6.07, 6.45) is -0.741. The topological polar surface area (TPSA) is 26.7 Å². The Hall–Kier alpha value is -0.970. The van der Waals surface area contributed by atoms with Gasteiger partial charge in [-0.25, -0.2) is 4.39 Å². The minimum absolute atomic E-state index is 0.0208. The van der Waals surface area contributed by atoms with Gasteiger partial charge in [0.05, 0.1) is 6.10 Å². The highest BCUT2D eigenvalue weighted by atomic mass is 19.1. The molecule has 1 fully saturated rings. The highest BCUT2D eigenvalue weighted by molar-refractivity contribution is 5.20. The first-order chi connectivity index (χ1) is 9.99. The van der Waals surface area contributed by atoms with Gasteiger partial charge in [-0.3, -0.25) is 4.90 Å². The van der Waals surface area contributed by atoms with E-state index in [1.165, 1.54) is 6.07 Å². The quantitative estimate of drug-likeness (QED) is 0.904. The van der Waals surface area contributed by atoms with E-state index in [-0.39, 0.29) is 11.7 Å². The van der Waals surface area contributed by atoms with Crippen LogP contribution >= 0.6 is 0 Å². The third-order valence-corrected chi connectivity index (χ3v) is 4.45. The van der Waals surface area contributed by atoms with Gasteiger partial charge in [0.25, 0.3) is 0 Å². The van der Waals surface area contributed by atoms with E-state index in [9.17, 15) is 9.50 Å². The van der Waals surface area contributed by atoms with Crippen LogP contribution in [0.2, 0.25) is 0 Å². The molecule has 0 aliphatic carbocycles. The van der Waals surface area contributed by atoms with Gasteiger partial charge in [-0.1, -0.05) is 25.1 Å². The third-order valence-electron chi connectivity index (χ3n) is 4.45. The summed E-state index contributed by atoms with van der Waals surface area (Å²) in [6.45, 7) is 11.4. The van der Waals surface area contributed by atoms with Crippen LogP contribution in [0.3, 0.4) is 0 Å². The molecule has 1 aliphatic rings. The van der Waals surface area contributed by atoms with Gasteiger partial charge in [-0.05, 0) is 25.8 Å². The van der Waals surface area contributed by atoms with E-state index in [1.807, 2.05) is 6.92 Å². The van der Waals surface area contributed by atoms with Crippen molar-refractivity contribution in [3.63, 3.8) is 0 Å². The number of rotatable bonds is 5. The molecule has 1 aromatic rings. The van der Waals surface area contributed by atoms with Crippen molar-refractivity contribution in [2.45, 2.75) is 32.9 Å². The zero-order valence-corrected chi connectivity index (χ0v) is 13.3. The molecule has 2 rings (SSSR count). The fraction of sp³-hybridized carbons (Fsp3) is 0.647. The van der Waals surface area contributed by atoms with Crippen LogP contribution in [0.25, 0.3) is 0 Å². The van der Waals surface area contributed by atoms with Crippen LogP contribution in [0.4, 0.5) is 4.39 Å². The minimum atomic E-state index is -0.741. The van der Waals surface area contributed by atoms with Crippen LogP contribution in [-0.4, -0.2) is 53.7 Å². The minimum Gasteiger partial charge on any atom is -0.388 e. The monoisotopic (exact) mass is 294 g/mol. The molecule has 0 spiro atoms. The molecular formula is C17H27FN2O. The Balaban J connectivity index is 1.87. The standard InChI is InChI=1S/C17H27FN2O/c1-13(2)20-10-8-19(9-11-20)12-14(3)17(21)15-6-4-5-7-16(15)18/h4-7,13-14,17,21H,8-12H2,1-3H3. The fourth-order valence-corrected chi connectivity index (χ4v) is 2.99. The molecule has 0 bridgehead atoms. The van der Waals surface area contributed by atoms with Crippen molar-refractivity contribution in [1.29, 1.82) is 0 Å². The predicted molar refractivity (Wildman–Crippen MR) is 83.7 cm³/mol. The summed E-state index contributed by atoms with van der Waals surface area (Å²) in [6, 6.07) is 7.10. The highest BCUT2D eigenvalue weighted by Gasteiger charge is 2.24. The second-order valence-corrected chi connectivity index (χ2v) is 6.37. The van der Waals surface area contributed by atoms with E-state index in [4.69, 9.17) is 0 Å². The van der Waals surface area contributed by atoms with Crippen LogP contribution in [-0.2, 0) is 0 Å². The van der Waals surface area contributed by atoms with Crippen LogP contribution in [0.5, 0.6) is 0 Å². The molecule has 2 atom stereocenters. The number of piperazine rings is 1. The summed E-state index contributed by atoms with van der Waals surface area (Å²) < 4.78 is 13.7. The number of nitrogens with zero attached hydrogens (tertiary/aromatic N) is 2. The molecule has 2 unspecified atom stereocenters. The molecular weight excluding hydrogens is 267 g/mol. The van der Waals surface area contributed by atoms with E-state index < -0.39 is 6.10 Å². The fourth-order valence-electron chi connectivity index (χ4n) is 2.99. The van der Waals surface area contributed by atoms with Gasteiger partial charge in [0, 0.05) is 44.3 Å². The Morgan fingerprint density at radius 3 is 2.29 bits per heavy atom. The molecule has 1 saturated heterocycles. The molecule has 3 nitrogen and oxygen atoms in total. The summed E-state index contributed by atoms with van der Waals surface area (Å²) in [5, 5.41) is 10.4. The van der Waals surface area contributed by atoms with E-state index >= 15 is 0 Å². The molecule has 21 heavy (non-hydrogen) atoms. The van der Waals surface area contributed by atoms with E-state index in [1.54, 1.807) is 18.2 Å². The number of halogens is 1. The van der Waals surface area contributed by atoms with Crippen molar-refractivity contribution in [3.8, 4) is 0 Å². The van der Waals surface area contributed by atoms with E-state index in [0.717, 1.165) is 32.7 Å². The Morgan fingerprint density at radius 1 is 1.10 bits per heavy atom. The van der Waals surface area contributed by atoms with Crippen molar-refractivity contribution in [3.05, 3.63) is 35.6 Å². The lowest BCUT2D eigenvalue weighted by molar-refractivity contribution is 0.0555. The Morgan fingerprint density at radius 2 is 1.71 bits per heavy atom. The molecule has 118 valence electrons. The van der Waals surface area contributed by atoms with Gasteiger partial charge in [-0.2, -0.15) is 0 Å². The summed E-state index contributed by atoms with van der Waals surface area (Å²) in [4.78, 5) is 4.84. The molecule has 1 N–H and O–H groups in total.